The smallest absolute Gasteiger partial charge is 0.244 e. The highest BCUT2D eigenvalue weighted by atomic mass is 32.2. The quantitative estimate of drug-likeness (QED) is 0.468. The minimum atomic E-state index is -3.86. The van der Waals surface area contributed by atoms with Crippen LogP contribution in [0.25, 0.3) is 0 Å². The van der Waals surface area contributed by atoms with Crippen LogP contribution in [0.15, 0.2) is 42.5 Å². The van der Waals surface area contributed by atoms with Gasteiger partial charge in [0, 0.05) is 19.2 Å². The third-order valence-electron chi connectivity index (χ3n) is 5.34. The number of amides is 2. The SMILES string of the molecule is CCNC(=O)[C@H](C)N(Cc1cccc(OC)c1)C(=O)CN(c1ccc(OC)c(OC)c1)S(C)(=O)=O. The number of carbonyl (C=O) groups excluding carboxylic acids is 2. The summed E-state index contributed by atoms with van der Waals surface area (Å²) in [6, 6.07) is 10.8. The molecule has 2 amide bonds. The first-order valence-electron chi connectivity index (χ1n) is 11.0. The molecule has 0 fully saturated rings. The fraction of sp³-hybridized carbons (Fsp3) is 0.417. The Kier molecular flexibility index (Phi) is 9.76. The van der Waals surface area contributed by atoms with E-state index in [0.29, 0.717) is 23.8 Å². The van der Waals surface area contributed by atoms with Gasteiger partial charge in [0.2, 0.25) is 21.8 Å². The van der Waals surface area contributed by atoms with Gasteiger partial charge >= 0.3 is 0 Å². The van der Waals surface area contributed by atoms with Crippen LogP contribution in [0.5, 0.6) is 17.2 Å². The van der Waals surface area contributed by atoms with Gasteiger partial charge in [-0.25, -0.2) is 8.42 Å². The number of sulfonamides is 1. The Morgan fingerprint density at radius 1 is 1.00 bits per heavy atom. The van der Waals surface area contributed by atoms with Gasteiger partial charge in [0.05, 0.1) is 33.3 Å². The second-order valence-electron chi connectivity index (χ2n) is 7.75. The Labute approximate surface area is 206 Å². The zero-order valence-electron chi connectivity index (χ0n) is 20.9. The van der Waals surface area contributed by atoms with Crippen molar-refractivity contribution in [1.82, 2.24) is 10.2 Å². The number of nitrogens with zero attached hydrogens (tertiary/aromatic N) is 2. The van der Waals surface area contributed by atoms with E-state index >= 15 is 0 Å². The summed E-state index contributed by atoms with van der Waals surface area (Å²) in [6.07, 6.45) is 1.01. The van der Waals surface area contributed by atoms with E-state index in [1.54, 1.807) is 44.2 Å². The molecule has 2 aromatic rings. The van der Waals surface area contributed by atoms with Gasteiger partial charge < -0.3 is 24.4 Å². The molecule has 2 aromatic carbocycles. The second-order valence-corrected chi connectivity index (χ2v) is 9.66. The third-order valence-corrected chi connectivity index (χ3v) is 6.48. The minimum absolute atomic E-state index is 0.0812. The maximum atomic E-state index is 13.5. The predicted molar refractivity (Wildman–Crippen MR) is 133 cm³/mol. The Hall–Kier alpha value is -3.47. The zero-order valence-corrected chi connectivity index (χ0v) is 21.7. The summed E-state index contributed by atoms with van der Waals surface area (Å²) in [5.41, 5.74) is 0.955. The topological polar surface area (TPSA) is 114 Å². The first-order valence-corrected chi connectivity index (χ1v) is 12.8. The van der Waals surface area contributed by atoms with Crippen molar-refractivity contribution in [3.8, 4) is 17.2 Å². The van der Waals surface area contributed by atoms with Crippen molar-refractivity contribution in [3.05, 3.63) is 48.0 Å². The molecule has 0 saturated carbocycles. The van der Waals surface area contributed by atoms with Crippen molar-refractivity contribution in [2.45, 2.75) is 26.4 Å². The number of nitrogens with one attached hydrogen (secondary N) is 1. The van der Waals surface area contributed by atoms with Gasteiger partial charge in [-0.1, -0.05) is 12.1 Å². The Morgan fingerprint density at radius 3 is 2.26 bits per heavy atom. The molecule has 0 heterocycles. The number of carbonyl (C=O) groups is 2. The molecule has 1 atom stereocenters. The second kappa shape index (κ2) is 12.3. The third kappa shape index (κ3) is 7.25. The molecule has 0 radical (unpaired) electrons. The molecule has 0 bridgehead atoms. The average molecular weight is 508 g/mol. The van der Waals surface area contributed by atoms with Crippen molar-refractivity contribution in [3.63, 3.8) is 0 Å². The lowest BCUT2D eigenvalue weighted by molar-refractivity contribution is -0.139. The van der Waals surface area contributed by atoms with E-state index in [1.807, 2.05) is 0 Å². The number of hydrogen-bond donors (Lipinski definition) is 1. The van der Waals surface area contributed by atoms with Crippen LogP contribution in [0.4, 0.5) is 5.69 Å². The minimum Gasteiger partial charge on any atom is -0.497 e. The molecule has 0 aromatic heterocycles. The summed E-state index contributed by atoms with van der Waals surface area (Å²) >= 11 is 0. The predicted octanol–water partition coefficient (Wildman–Crippen LogP) is 2.03. The highest BCUT2D eigenvalue weighted by Gasteiger charge is 2.30. The van der Waals surface area contributed by atoms with Crippen LogP contribution in [0.1, 0.15) is 19.4 Å². The van der Waals surface area contributed by atoms with Crippen molar-refractivity contribution in [2.75, 3.05) is 45.0 Å². The maximum absolute atomic E-state index is 13.5. The molecule has 0 aliphatic rings. The highest BCUT2D eigenvalue weighted by molar-refractivity contribution is 7.92. The first-order chi connectivity index (χ1) is 16.5. The van der Waals surface area contributed by atoms with Crippen LogP contribution in [0.3, 0.4) is 0 Å². The molecular formula is C24H33N3O7S. The lowest BCUT2D eigenvalue weighted by Crippen LogP contribution is -2.51. The van der Waals surface area contributed by atoms with Crippen molar-refractivity contribution < 1.29 is 32.2 Å². The molecule has 192 valence electrons. The summed E-state index contributed by atoms with van der Waals surface area (Å²) < 4.78 is 42.1. The van der Waals surface area contributed by atoms with Gasteiger partial charge in [-0.3, -0.25) is 13.9 Å². The molecule has 0 aliphatic heterocycles. The molecule has 0 aliphatic carbocycles. The van der Waals surface area contributed by atoms with E-state index in [1.165, 1.54) is 38.4 Å². The lowest BCUT2D eigenvalue weighted by Gasteiger charge is -2.31. The van der Waals surface area contributed by atoms with Crippen molar-refractivity contribution >= 4 is 27.5 Å². The Morgan fingerprint density at radius 2 is 1.69 bits per heavy atom. The van der Waals surface area contributed by atoms with E-state index < -0.39 is 28.5 Å². The maximum Gasteiger partial charge on any atom is 0.244 e. The molecule has 35 heavy (non-hydrogen) atoms. The van der Waals surface area contributed by atoms with Crippen LogP contribution in [-0.4, -0.2) is 71.8 Å². The van der Waals surface area contributed by atoms with Gasteiger partial charge in [-0.2, -0.15) is 0 Å². The van der Waals surface area contributed by atoms with Gasteiger partial charge in [-0.05, 0) is 43.7 Å². The number of anilines is 1. The largest absolute Gasteiger partial charge is 0.497 e. The van der Waals surface area contributed by atoms with Crippen LogP contribution in [-0.2, 0) is 26.2 Å². The van der Waals surface area contributed by atoms with E-state index in [0.717, 1.165) is 16.1 Å². The molecular weight excluding hydrogens is 474 g/mol. The standard InChI is InChI=1S/C24H33N3O7S/c1-7-25-24(29)17(2)26(15-18-9-8-10-20(13-18)32-3)23(28)16-27(35(6,30)31)19-11-12-21(33-4)22(14-19)34-5/h8-14,17H,7,15-16H2,1-6H3,(H,25,29)/t17-/m0/s1. The van der Waals surface area contributed by atoms with Gasteiger partial charge in [0.15, 0.2) is 11.5 Å². The fourth-order valence-electron chi connectivity index (χ4n) is 3.47. The van der Waals surface area contributed by atoms with Crippen LogP contribution < -0.4 is 23.8 Å². The van der Waals surface area contributed by atoms with Gasteiger partial charge in [0.1, 0.15) is 18.3 Å². The number of ether oxygens (including phenoxy) is 3. The zero-order chi connectivity index (χ0) is 26.2. The number of rotatable bonds is 12. The Balaban J connectivity index is 2.44. The summed E-state index contributed by atoms with van der Waals surface area (Å²) in [7, 11) is 0.571. The Bertz CT molecular complexity index is 1140. The monoisotopic (exact) mass is 507 g/mol. The van der Waals surface area contributed by atoms with Crippen LogP contribution >= 0.6 is 0 Å². The number of benzene rings is 2. The van der Waals surface area contributed by atoms with E-state index in [2.05, 4.69) is 5.32 Å². The van der Waals surface area contributed by atoms with Crippen molar-refractivity contribution in [2.24, 2.45) is 0 Å². The lowest BCUT2D eigenvalue weighted by atomic mass is 10.1. The molecule has 11 heteroatoms. The molecule has 1 N–H and O–H groups in total. The summed E-state index contributed by atoms with van der Waals surface area (Å²) in [6.45, 7) is 3.34. The molecule has 0 unspecified atom stereocenters. The van der Waals surface area contributed by atoms with Crippen LogP contribution in [0, 0.1) is 0 Å². The van der Waals surface area contributed by atoms with Gasteiger partial charge in [-0.15, -0.1) is 0 Å². The average Bonchev–Trinajstić information content (AvgIpc) is 2.84. The summed E-state index contributed by atoms with van der Waals surface area (Å²) in [5.74, 6) is 0.437. The summed E-state index contributed by atoms with van der Waals surface area (Å²) in [4.78, 5) is 27.5. The van der Waals surface area contributed by atoms with Crippen LogP contribution in [0.2, 0.25) is 0 Å². The van der Waals surface area contributed by atoms with E-state index in [4.69, 9.17) is 14.2 Å². The van der Waals surface area contributed by atoms with Crippen molar-refractivity contribution in [1.29, 1.82) is 0 Å². The van der Waals surface area contributed by atoms with E-state index in [-0.39, 0.29) is 18.1 Å². The molecule has 0 spiro atoms. The van der Waals surface area contributed by atoms with Gasteiger partial charge in [0.25, 0.3) is 0 Å². The number of methoxy groups -OCH3 is 3. The van der Waals surface area contributed by atoms with E-state index in [9.17, 15) is 18.0 Å². The fourth-order valence-corrected chi connectivity index (χ4v) is 4.31. The first kappa shape index (κ1) is 27.8. The number of hydrogen-bond acceptors (Lipinski definition) is 7. The normalized spacial score (nSPS) is 11.8. The number of likely N-dealkylation sites (N-methyl/N-ethyl adjacent to an activating group) is 1. The molecule has 2 rings (SSSR count). The molecule has 10 nitrogen and oxygen atoms in total. The summed E-state index contributed by atoms with van der Waals surface area (Å²) in [5, 5.41) is 2.71. The molecule has 0 saturated heterocycles. The highest BCUT2D eigenvalue weighted by Crippen LogP contribution is 2.32.